The van der Waals surface area contributed by atoms with Crippen molar-refractivity contribution < 1.29 is 9.72 Å². The van der Waals surface area contributed by atoms with E-state index in [1.165, 1.54) is 34.9 Å². The Hall–Kier alpha value is -3.24. The van der Waals surface area contributed by atoms with E-state index in [2.05, 4.69) is 12.1 Å². The Bertz CT molecular complexity index is 1120. The van der Waals surface area contributed by atoms with E-state index < -0.39 is 4.92 Å². The number of hydrogen-bond acceptors (Lipinski definition) is 3. The van der Waals surface area contributed by atoms with E-state index in [9.17, 15) is 14.9 Å². The van der Waals surface area contributed by atoms with Gasteiger partial charge in [0.2, 0.25) is 0 Å². The fraction of sp³-hybridized carbons (Fsp3) is 0.0455. The number of allylic oxidation sites excluding steroid dienone is 1. The van der Waals surface area contributed by atoms with Crippen LogP contribution in [0, 0.1) is 10.1 Å². The zero-order valence-electron chi connectivity index (χ0n) is 14.2. The van der Waals surface area contributed by atoms with Crippen molar-refractivity contribution in [1.29, 1.82) is 0 Å². The first-order valence-corrected chi connectivity index (χ1v) is 8.78. The van der Waals surface area contributed by atoms with Crippen LogP contribution in [0.3, 0.4) is 0 Å². The van der Waals surface area contributed by atoms with Crippen molar-refractivity contribution in [2.75, 3.05) is 0 Å². The van der Waals surface area contributed by atoms with E-state index in [-0.39, 0.29) is 16.5 Å². The molecule has 1 aliphatic rings. The number of nitrogens with zero attached hydrogens (tertiary/aromatic N) is 1. The molecule has 4 nitrogen and oxygen atoms in total. The molecule has 1 aliphatic carbocycles. The average Bonchev–Trinajstić information content (AvgIpc) is 3.04. The molecule has 0 heterocycles. The Morgan fingerprint density at radius 3 is 2.59 bits per heavy atom. The molecule has 0 bridgehead atoms. The molecular formula is C22H14ClNO3. The second kappa shape index (κ2) is 6.82. The van der Waals surface area contributed by atoms with E-state index in [0.717, 1.165) is 12.0 Å². The molecule has 5 heteroatoms. The first-order valence-electron chi connectivity index (χ1n) is 8.40. The third kappa shape index (κ3) is 3.27. The second-order valence-corrected chi connectivity index (χ2v) is 6.78. The van der Waals surface area contributed by atoms with E-state index in [0.29, 0.717) is 11.1 Å². The number of ketones is 1. The molecule has 3 aromatic carbocycles. The molecule has 3 aromatic rings. The minimum atomic E-state index is -0.542. The monoisotopic (exact) mass is 375 g/mol. The Kier molecular flexibility index (Phi) is 4.34. The van der Waals surface area contributed by atoms with Crippen LogP contribution in [-0.4, -0.2) is 10.7 Å². The van der Waals surface area contributed by atoms with Crippen LogP contribution < -0.4 is 0 Å². The number of carbonyl (C=O) groups excluding carboxylic acids is 1. The molecule has 0 radical (unpaired) electrons. The lowest BCUT2D eigenvalue weighted by Gasteiger charge is -2.03. The summed E-state index contributed by atoms with van der Waals surface area (Å²) in [5, 5.41) is 11.0. The van der Waals surface area contributed by atoms with Gasteiger partial charge in [0.05, 0.1) is 4.92 Å². The third-order valence-electron chi connectivity index (χ3n) is 4.68. The van der Waals surface area contributed by atoms with Crippen LogP contribution in [0.4, 0.5) is 5.69 Å². The lowest BCUT2D eigenvalue weighted by molar-refractivity contribution is -0.384. The number of hydrogen-bond donors (Lipinski definition) is 0. The predicted octanol–water partition coefficient (Wildman–Crippen LogP) is 5.72. The summed E-state index contributed by atoms with van der Waals surface area (Å²) in [7, 11) is 0. The summed E-state index contributed by atoms with van der Waals surface area (Å²) < 4.78 is 0. The molecular weight excluding hydrogens is 362 g/mol. The van der Waals surface area contributed by atoms with Crippen molar-refractivity contribution in [2.24, 2.45) is 0 Å². The summed E-state index contributed by atoms with van der Waals surface area (Å²) in [5.41, 5.74) is 5.69. The number of fused-ring (bicyclic) bond motifs is 3. The van der Waals surface area contributed by atoms with E-state index in [1.807, 2.05) is 30.3 Å². The summed E-state index contributed by atoms with van der Waals surface area (Å²) in [6.07, 6.45) is 3.87. The highest BCUT2D eigenvalue weighted by Crippen LogP contribution is 2.37. The van der Waals surface area contributed by atoms with Crippen LogP contribution >= 0.6 is 11.6 Å². The van der Waals surface area contributed by atoms with Gasteiger partial charge in [-0.05, 0) is 52.4 Å². The van der Waals surface area contributed by atoms with Crippen molar-refractivity contribution in [2.45, 2.75) is 6.42 Å². The van der Waals surface area contributed by atoms with Crippen molar-refractivity contribution in [3.8, 4) is 11.1 Å². The van der Waals surface area contributed by atoms with Gasteiger partial charge in [-0.1, -0.05) is 60.1 Å². The largest absolute Gasteiger partial charge is 0.289 e. The van der Waals surface area contributed by atoms with Crippen molar-refractivity contribution in [3.05, 3.63) is 104 Å². The highest BCUT2D eigenvalue weighted by molar-refractivity contribution is 6.32. The van der Waals surface area contributed by atoms with Gasteiger partial charge in [-0.3, -0.25) is 14.9 Å². The number of nitro groups is 1. The highest BCUT2D eigenvalue weighted by atomic mass is 35.5. The van der Waals surface area contributed by atoms with Crippen LogP contribution in [0.25, 0.3) is 17.2 Å². The third-order valence-corrected chi connectivity index (χ3v) is 5.00. The van der Waals surface area contributed by atoms with E-state index in [1.54, 1.807) is 12.1 Å². The van der Waals surface area contributed by atoms with Gasteiger partial charge in [0.1, 0.15) is 5.02 Å². The molecule has 0 aliphatic heterocycles. The molecule has 0 spiro atoms. The number of carbonyl (C=O) groups is 1. The average molecular weight is 376 g/mol. The molecule has 0 aromatic heterocycles. The second-order valence-electron chi connectivity index (χ2n) is 6.37. The zero-order chi connectivity index (χ0) is 19.0. The predicted molar refractivity (Wildman–Crippen MR) is 106 cm³/mol. The van der Waals surface area contributed by atoms with Crippen molar-refractivity contribution >= 4 is 29.1 Å². The molecule has 0 amide bonds. The highest BCUT2D eigenvalue weighted by Gasteiger charge is 2.19. The fourth-order valence-electron chi connectivity index (χ4n) is 3.32. The van der Waals surface area contributed by atoms with Crippen molar-refractivity contribution in [3.63, 3.8) is 0 Å². The van der Waals surface area contributed by atoms with Crippen LogP contribution in [-0.2, 0) is 6.42 Å². The molecule has 132 valence electrons. The lowest BCUT2D eigenvalue weighted by Crippen LogP contribution is -1.95. The summed E-state index contributed by atoms with van der Waals surface area (Å²) in [6, 6.07) is 18.4. The Morgan fingerprint density at radius 2 is 1.78 bits per heavy atom. The molecule has 0 N–H and O–H groups in total. The van der Waals surface area contributed by atoms with Crippen LogP contribution in [0.5, 0.6) is 0 Å². The molecule has 27 heavy (non-hydrogen) atoms. The maximum Gasteiger partial charge on any atom is 0.288 e. The lowest BCUT2D eigenvalue weighted by atomic mass is 10.0. The smallest absolute Gasteiger partial charge is 0.288 e. The van der Waals surface area contributed by atoms with Crippen LogP contribution in [0.2, 0.25) is 5.02 Å². The molecule has 0 saturated heterocycles. The molecule has 0 saturated carbocycles. The van der Waals surface area contributed by atoms with E-state index in [4.69, 9.17) is 11.6 Å². The molecule has 0 unspecified atom stereocenters. The molecule has 4 rings (SSSR count). The van der Waals surface area contributed by atoms with Gasteiger partial charge in [-0.15, -0.1) is 0 Å². The maximum atomic E-state index is 12.6. The molecule has 0 fully saturated rings. The maximum absolute atomic E-state index is 12.6. The summed E-state index contributed by atoms with van der Waals surface area (Å²) >= 11 is 5.81. The minimum absolute atomic E-state index is 0.0702. The molecule has 0 atom stereocenters. The standard InChI is InChI=1S/C22H14ClNO3/c23-20-9-5-14(11-21(20)24(26)27)6-10-22(25)17-8-7-16-12-15-3-1-2-4-18(15)19(16)13-17/h1-11,13H,12H2. The van der Waals surface area contributed by atoms with Gasteiger partial charge in [0.15, 0.2) is 5.78 Å². The summed E-state index contributed by atoms with van der Waals surface area (Å²) in [6.45, 7) is 0. The first-order chi connectivity index (χ1) is 13.0. The normalized spacial score (nSPS) is 12.0. The van der Waals surface area contributed by atoms with Gasteiger partial charge >= 0.3 is 0 Å². The summed E-state index contributed by atoms with van der Waals surface area (Å²) in [5.74, 6) is -0.153. The quantitative estimate of drug-likeness (QED) is 0.198. The van der Waals surface area contributed by atoms with Crippen LogP contribution in [0.1, 0.15) is 27.0 Å². The van der Waals surface area contributed by atoms with Gasteiger partial charge in [0.25, 0.3) is 5.69 Å². The Morgan fingerprint density at radius 1 is 1.00 bits per heavy atom. The Balaban J connectivity index is 1.61. The zero-order valence-corrected chi connectivity index (χ0v) is 14.9. The number of nitro benzene ring substituents is 1. The minimum Gasteiger partial charge on any atom is -0.289 e. The Labute approximate surface area is 160 Å². The van der Waals surface area contributed by atoms with Crippen molar-refractivity contribution in [1.82, 2.24) is 0 Å². The SMILES string of the molecule is O=C(C=Cc1ccc(Cl)c([N+](=O)[O-])c1)c1ccc2c(c1)-c1ccccc1C2. The van der Waals surface area contributed by atoms with Crippen LogP contribution in [0.15, 0.2) is 66.7 Å². The fourth-order valence-corrected chi connectivity index (χ4v) is 3.50. The van der Waals surface area contributed by atoms with Gasteiger partial charge < -0.3 is 0 Å². The summed E-state index contributed by atoms with van der Waals surface area (Å²) in [4.78, 5) is 23.0. The van der Waals surface area contributed by atoms with Gasteiger partial charge in [0, 0.05) is 11.6 Å². The number of halogens is 1. The number of rotatable bonds is 4. The van der Waals surface area contributed by atoms with Gasteiger partial charge in [-0.2, -0.15) is 0 Å². The topological polar surface area (TPSA) is 60.2 Å². The number of benzene rings is 3. The van der Waals surface area contributed by atoms with E-state index >= 15 is 0 Å². The van der Waals surface area contributed by atoms with Gasteiger partial charge in [-0.25, -0.2) is 0 Å². The first kappa shape index (κ1) is 17.2.